The maximum absolute atomic E-state index is 12.2. The van der Waals surface area contributed by atoms with Crippen LogP contribution in [0.2, 0.25) is 0 Å². The molecule has 1 saturated heterocycles. The van der Waals surface area contributed by atoms with Crippen LogP contribution in [-0.4, -0.2) is 36.0 Å². The van der Waals surface area contributed by atoms with Gasteiger partial charge in [0.2, 0.25) is 0 Å². The van der Waals surface area contributed by atoms with Crippen molar-refractivity contribution < 1.29 is 14.3 Å². The van der Waals surface area contributed by atoms with Crippen molar-refractivity contribution in [1.82, 2.24) is 5.32 Å². The van der Waals surface area contributed by atoms with Gasteiger partial charge >= 0.3 is 5.97 Å². The second-order valence-electron chi connectivity index (χ2n) is 7.06. The highest BCUT2D eigenvalue weighted by atomic mass is 32.2. The number of benzene rings is 1. The fraction of sp³-hybridized carbons (Fsp3) is 0.600. The lowest BCUT2D eigenvalue weighted by Crippen LogP contribution is -2.42. The van der Waals surface area contributed by atoms with Crippen LogP contribution in [0, 0.1) is 5.92 Å². The summed E-state index contributed by atoms with van der Waals surface area (Å²) in [4.78, 5) is 24.2. The minimum absolute atomic E-state index is 0.205. The van der Waals surface area contributed by atoms with E-state index in [0.717, 1.165) is 19.3 Å². The molecule has 3 rings (SSSR count). The maximum Gasteiger partial charge on any atom is 0.338 e. The molecule has 1 aromatic rings. The lowest BCUT2D eigenvalue weighted by Gasteiger charge is -2.29. The third-order valence-electron chi connectivity index (χ3n) is 5.04. The van der Waals surface area contributed by atoms with Crippen molar-refractivity contribution in [2.75, 3.05) is 18.1 Å². The van der Waals surface area contributed by atoms with E-state index in [1.165, 1.54) is 29.9 Å². The summed E-state index contributed by atoms with van der Waals surface area (Å²) in [5.41, 5.74) is 1.73. The molecule has 142 valence electrons. The molecule has 26 heavy (non-hydrogen) atoms. The van der Waals surface area contributed by atoms with Crippen LogP contribution >= 0.6 is 23.5 Å². The van der Waals surface area contributed by atoms with Gasteiger partial charge in [-0.15, -0.1) is 23.5 Å². The first-order valence-corrected chi connectivity index (χ1v) is 11.5. The number of carbonyl (C=O) groups is 2. The van der Waals surface area contributed by atoms with E-state index in [9.17, 15) is 9.59 Å². The number of hydrogen-bond donors (Lipinski definition) is 1. The van der Waals surface area contributed by atoms with E-state index in [0.29, 0.717) is 16.1 Å². The molecule has 1 aliphatic carbocycles. The fourth-order valence-corrected chi connectivity index (χ4v) is 6.34. The number of carbonyl (C=O) groups excluding carboxylic acids is 2. The normalized spacial score (nSPS) is 24.0. The van der Waals surface area contributed by atoms with Crippen molar-refractivity contribution in [3.8, 4) is 0 Å². The highest BCUT2D eigenvalue weighted by Crippen LogP contribution is 2.43. The molecular formula is C20H27NO3S2. The van der Waals surface area contributed by atoms with Gasteiger partial charge in [0.15, 0.2) is 6.61 Å². The Balaban J connectivity index is 1.46. The summed E-state index contributed by atoms with van der Waals surface area (Å²) < 4.78 is 5.65. The molecular weight excluding hydrogens is 366 g/mol. The molecule has 1 aromatic carbocycles. The molecule has 2 atom stereocenters. The van der Waals surface area contributed by atoms with Gasteiger partial charge < -0.3 is 10.1 Å². The smallest absolute Gasteiger partial charge is 0.338 e. The van der Waals surface area contributed by atoms with Gasteiger partial charge in [0.25, 0.3) is 5.91 Å². The van der Waals surface area contributed by atoms with Crippen molar-refractivity contribution in [2.45, 2.75) is 49.7 Å². The third kappa shape index (κ3) is 5.43. The highest BCUT2D eigenvalue weighted by Gasteiger charge is 2.23. The van der Waals surface area contributed by atoms with Gasteiger partial charge in [0, 0.05) is 6.04 Å². The Morgan fingerprint density at radius 1 is 1.08 bits per heavy atom. The Bertz CT molecular complexity index is 614. The van der Waals surface area contributed by atoms with E-state index in [1.807, 2.05) is 35.7 Å². The minimum atomic E-state index is -0.438. The van der Waals surface area contributed by atoms with Crippen LogP contribution in [0.3, 0.4) is 0 Å². The number of nitrogens with one attached hydrogen (secondary N) is 1. The number of rotatable bonds is 5. The van der Waals surface area contributed by atoms with E-state index in [1.54, 1.807) is 12.1 Å². The van der Waals surface area contributed by atoms with Crippen LogP contribution in [0.1, 0.15) is 59.5 Å². The van der Waals surface area contributed by atoms with Crippen LogP contribution in [0.5, 0.6) is 0 Å². The number of esters is 1. The first-order valence-electron chi connectivity index (χ1n) is 9.43. The quantitative estimate of drug-likeness (QED) is 0.751. The largest absolute Gasteiger partial charge is 0.452 e. The van der Waals surface area contributed by atoms with Crippen molar-refractivity contribution >= 4 is 35.4 Å². The van der Waals surface area contributed by atoms with Gasteiger partial charge in [-0.1, -0.05) is 31.9 Å². The summed E-state index contributed by atoms with van der Waals surface area (Å²) in [6, 6.07) is 7.80. The van der Waals surface area contributed by atoms with E-state index in [-0.39, 0.29) is 18.6 Å². The molecule has 2 fully saturated rings. The summed E-state index contributed by atoms with van der Waals surface area (Å²) in [6.07, 6.45) is 5.81. The molecule has 0 spiro atoms. The topological polar surface area (TPSA) is 55.4 Å². The average molecular weight is 394 g/mol. The molecule has 1 amide bonds. The molecule has 0 aromatic heterocycles. The molecule has 6 heteroatoms. The zero-order valence-corrected chi connectivity index (χ0v) is 16.9. The summed E-state index contributed by atoms with van der Waals surface area (Å²) in [6.45, 7) is 1.96. The van der Waals surface area contributed by atoms with E-state index >= 15 is 0 Å². The van der Waals surface area contributed by atoms with Crippen molar-refractivity contribution in [1.29, 1.82) is 0 Å². The summed E-state index contributed by atoms with van der Waals surface area (Å²) in [5, 5.41) is 3.01. The summed E-state index contributed by atoms with van der Waals surface area (Å²) >= 11 is 3.91. The van der Waals surface area contributed by atoms with E-state index in [2.05, 4.69) is 12.2 Å². The van der Waals surface area contributed by atoms with Gasteiger partial charge in [0.1, 0.15) is 0 Å². The van der Waals surface area contributed by atoms with Gasteiger partial charge in [0.05, 0.1) is 10.1 Å². The minimum Gasteiger partial charge on any atom is -0.452 e. The number of ether oxygens (including phenoxy) is 1. The van der Waals surface area contributed by atoms with Gasteiger partial charge in [-0.3, -0.25) is 4.79 Å². The molecule has 1 aliphatic heterocycles. The summed E-state index contributed by atoms with van der Waals surface area (Å²) in [7, 11) is 0. The first kappa shape index (κ1) is 19.6. The lowest BCUT2D eigenvalue weighted by atomic mass is 9.86. The van der Waals surface area contributed by atoms with Crippen LogP contribution < -0.4 is 5.32 Å². The van der Waals surface area contributed by atoms with Gasteiger partial charge in [-0.05, 0) is 54.4 Å². The Hall–Kier alpha value is -1.14. The van der Waals surface area contributed by atoms with Crippen molar-refractivity contribution in [3.63, 3.8) is 0 Å². The van der Waals surface area contributed by atoms with Crippen molar-refractivity contribution in [3.05, 3.63) is 35.4 Å². The highest BCUT2D eigenvalue weighted by molar-refractivity contribution is 8.16. The van der Waals surface area contributed by atoms with Gasteiger partial charge in [-0.25, -0.2) is 4.79 Å². The summed E-state index contributed by atoms with van der Waals surface area (Å²) in [5.74, 6) is 2.23. The zero-order chi connectivity index (χ0) is 18.4. The predicted molar refractivity (Wildman–Crippen MR) is 109 cm³/mol. The Labute approximate surface area is 164 Å². The molecule has 0 unspecified atom stereocenters. The third-order valence-corrected chi connectivity index (χ3v) is 8.05. The maximum atomic E-state index is 12.2. The van der Waals surface area contributed by atoms with Crippen LogP contribution in [0.4, 0.5) is 0 Å². The van der Waals surface area contributed by atoms with Crippen LogP contribution in [0.15, 0.2) is 24.3 Å². The van der Waals surface area contributed by atoms with Crippen LogP contribution in [-0.2, 0) is 9.53 Å². The monoisotopic (exact) mass is 393 g/mol. The molecule has 0 radical (unpaired) electrons. The second-order valence-corrected chi connectivity index (χ2v) is 9.79. The van der Waals surface area contributed by atoms with Gasteiger partial charge in [-0.2, -0.15) is 0 Å². The standard InChI is InChI=1S/C20H27NO3S2/c1-14-5-2-3-6-17(14)21-18(22)13-24-19(23)15-7-9-16(10-8-15)20-25-11-4-12-26-20/h7-10,14,17,20H,2-6,11-13H2,1H3,(H,21,22)/t14-,17+/m1/s1. The fourth-order valence-electron chi connectivity index (χ4n) is 3.45. The predicted octanol–water partition coefficient (Wildman–Crippen LogP) is 4.41. The number of amides is 1. The Morgan fingerprint density at radius 2 is 1.77 bits per heavy atom. The lowest BCUT2D eigenvalue weighted by molar-refractivity contribution is -0.125. The van der Waals surface area contributed by atoms with E-state index < -0.39 is 5.97 Å². The van der Waals surface area contributed by atoms with Crippen LogP contribution in [0.25, 0.3) is 0 Å². The van der Waals surface area contributed by atoms with E-state index in [4.69, 9.17) is 4.74 Å². The molecule has 1 N–H and O–H groups in total. The Kier molecular flexibility index (Phi) is 7.32. The SMILES string of the molecule is C[C@@H]1CCCC[C@@H]1NC(=O)COC(=O)c1ccc(C2SCCCS2)cc1. The van der Waals surface area contributed by atoms with Crippen molar-refractivity contribution in [2.24, 2.45) is 5.92 Å². The second kappa shape index (κ2) is 9.70. The number of hydrogen-bond acceptors (Lipinski definition) is 5. The molecule has 4 nitrogen and oxygen atoms in total. The molecule has 0 bridgehead atoms. The Morgan fingerprint density at radius 3 is 2.46 bits per heavy atom. The zero-order valence-electron chi connectivity index (χ0n) is 15.2. The molecule has 1 saturated carbocycles. The number of thioether (sulfide) groups is 2. The first-order chi connectivity index (χ1) is 12.6. The average Bonchev–Trinajstić information content (AvgIpc) is 2.69. The molecule has 2 aliphatic rings. The molecule has 1 heterocycles.